The zero-order valence-electron chi connectivity index (χ0n) is 15.7. The Bertz CT molecular complexity index is 931. The largest absolute Gasteiger partial charge is 0.497 e. The normalized spacial score (nSPS) is 12.3. The third-order valence-corrected chi connectivity index (χ3v) is 5.50. The van der Waals surface area contributed by atoms with E-state index in [-0.39, 0.29) is 0 Å². The van der Waals surface area contributed by atoms with Crippen LogP contribution < -0.4 is 14.4 Å². The lowest BCUT2D eigenvalue weighted by atomic mass is 10.1. The molecule has 0 spiro atoms. The number of hydrogen-bond donors (Lipinski definition) is 1. The molecule has 1 amide bonds. The highest BCUT2D eigenvalue weighted by molar-refractivity contribution is 7.92. The zero-order chi connectivity index (χ0) is 20.2. The van der Waals surface area contributed by atoms with Gasteiger partial charge in [-0.2, -0.15) is 0 Å². The third-order valence-electron chi connectivity index (χ3n) is 4.08. The van der Waals surface area contributed by atoms with Gasteiger partial charge in [0.05, 0.1) is 19.1 Å². The number of benzene rings is 2. The summed E-state index contributed by atoms with van der Waals surface area (Å²) in [5, 5.41) is 3.37. The van der Waals surface area contributed by atoms with Crippen molar-refractivity contribution in [3.8, 4) is 5.75 Å². The molecule has 2 aromatic rings. The maximum Gasteiger partial charge on any atom is 0.248 e. The van der Waals surface area contributed by atoms with Gasteiger partial charge in [0.2, 0.25) is 15.9 Å². The number of hydrogen-bond acceptors (Lipinski definition) is 4. The van der Waals surface area contributed by atoms with Gasteiger partial charge in [-0.05, 0) is 49.2 Å². The van der Waals surface area contributed by atoms with Crippen molar-refractivity contribution in [2.24, 2.45) is 0 Å². The number of nitrogens with zero attached hydrogens (tertiary/aromatic N) is 1. The number of nitrogens with one attached hydrogen (secondary N) is 1. The molecular weight excluding hydrogens is 388 g/mol. The second kappa shape index (κ2) is 8.63. The van der Waals surface area contributed by atoms with Gasteiger partial charge in [0.25, 0.3) is 0 Å². The van der Waals surface area contributed by atoms with E-state index in [1.807, 2.05) is 6.92 Å². The number of methoxy groups -OCH3 is 1. The molecule has 8 heteroatoms. The summed E-state index contributed by atoms with van der Waals surface area (Å²) < 4.78 is 31.3. The van der Waals surface area contributed by atoms with Gasteiger partial charge in [0.15, 0.2) is 0 Å². The van der Waals surface area contributed by atoms with Gasteiger partial charge >= 0.3 is 0 Å². The standard InChI is InChI=1S/C19H23ClN2O4S/c1-5-18(19(23)21-17-10-9-14(20)11-13(17)2)22(27(4,24)25)15-7-6-8-16(12-15)26-3/h6-12,18H,5H2,1-4H3,(H,21,23). The van der Waals surface area contributed by atoms with Crippen LogP contribution in [0, 0.1) is 6.92 Å². The molecule has 0 aliphatic heterocycles. The zero-order valence-corrected chi connectivity index (χ0v) is 17.3. The maximum atomic E-state index is 12.9. The van der Waals surface area contributed by atoms with E-state index in [0.29, 0.717) is 28.6 Å². The van der Waals surface area contributed by atoms with E-state index in [4.69, 9.17) is 16.3 Å². The fraction of sp³-hybridized carbons (Fsp3) is 0.316. The van der Waals surface area contributed by atoms with Crippen molar-refractivity contribution < 1.29 is 17.9 Å². The van der Waals surface area contributed by atoms with E-state index < -0.39 is 22.0 Å². The van der Waals surface area contributed by atoms with E-state index in [1.165, 1.54) is 7.11 Å². The predicted octanol–water partition coefficient (Wildman–Crippen LogP) is 3.84. The predicted molar refractivity (Wildman–Crippen MR) is 109 cm³/mol. The van der Waals surface area contributed by atoms with Gasteiger partial charge in [-0.25, -0.2) is 8.42 Å². The third kappa shape index (κ3) is 5.14. The Labute approximate surface area is 165 Å². The highest BCUT2D eigenvalue weighted by Crippen LogP contribution is 2.27. The van der Waals surface area contributed by atoms with Crippen LogP contribution in [0.1, 0.15) is 18.9 Å². The van der Waals surface area contributed by atoms with Crippen LogP contribution >= 0.6 is 11.6 Å². The number of carbonyl (C=O) groups excluding carboxylic acids is 1. The van der Waals surface area contributed by atoms with Gasteiger partial charge in [0, 0.05) is 16.8 Å². The van der Waals surface area contributed by atoms with Crippen molar-refractivity contribution in [3.05, 3.63) is 53.1 Å². The second-order valence-corrected chi connectivity index (χ2v) is 8.43. The molecule has 0 fully saturated rings. The van der Waals surface area contributed by atoms with E-state index in [2.05, 4.69) is 5.32 Å². The Morgan fingerprint density at radius 3 is 2.52 bits per heavy atom. The van der Waals surface area contributed by atoms with Gasteiger partial charge in [-0.3, -0.25) is 9.10 Å². The number of sulfonamides is 1. The molecule has 0 bridgehead atoms. The number of ether oxygens (including phenoxy) is 1. The van der Waals surface area contributed by atoms with Crippen LogP contribution in [-0.2, 0) is 14.8 Å². The lowest BCUT2D eigenvalue weighted by Gasteiger charge is -2.30. The Morgan fingerprint density at radius 1 is 1.26 bits per heavy atom. The first kappa shape index (κ1) is 21.1. The van der Waals surface area contributed by atoms with Crippen LogP contribution in [0.15, 0.2) is 42.5 Å². The van der Waals surface area contributed by atoms with Crippen molar-refractivity contribution in [3.63, 3.8) is 0 Å². The molecule has 1 N–H and O–H groups in total. The molecule has 27 heavy (non-hydrogen) atoms. The molecule has 0 heterocycles. The van der Waals surface area contributed by atoms with Gasteiger partial charge in [0.1, 0.15) is 11.8 Å². The monoisotopic (exact) mass is 410 g/mol. The average Bonchev–Trinajstić information content (AvgIpc) is 2.60. The summed E-state index contributed by atoms with van der Waals surface area (Å²) in [4.78, 5) is 12.9. The van der Waals surface area contributed by atoms with Crippen LogP contribution in [0.5, 0.6) is 5.75 Å². The molecule has 6 nitrogen and oxygen atoms in total. The van der Waals surface area contributed by atoms with E-state index in [1.54, 1.807) is 49.4 Å². The van der Waals surface area contributed by atoms with Crippen LogP contribution in [0.25, 0.3) is 0 Å². The number of amides is 1. The first-order chi connectivity index (χ1) is 12.7. The molecule has 0 aliphatic rings. The fourth-order valence-electron chi connectivity index (χ4n) is 2.79. The smallest absolute Gasteiger partial charge is 0.248 e. The minimum Gasteiger partial charge on any atom is -0.497 e. The molecule has 146 valence electrons. The SMILES string of the molecule is CCC(C(=O)Nc1ccc(Cl)cc1C)N(c1cccc(OC)c1)S(C)(=O)=O. The summed E-state index contributed by atoms with van der Waals surface area (Å²) in [7, 11) is -2.22. The number of anilines is 2. The second-order valence-electron chi connectivity index (χ2n) is 6.13. The van der Waals surface area contributed by atoms with E-state index >= 15 is 0 Å². The molecule has 0 aromatic heterocycles. The molecule has 0 aliphatic carbocycles. The molecular formula is C19H23ClN2O4S. The highest BCUT2D eigenvalue weighted by atomic mass is 35.5. The van der Waals surface area contributed by atoms with Gasteiger partial charge < -0.3 is 10.1 Å². The number of aryl methyl sites for hydroxylation is 1. The Morgan fingerprint density at radius 2 is 1.96 bits per heavy atom. The highest BCUT2D eigenvalue weighted by Gasteiger charge is 2.32. The number of halogens is 1. The van der Waals surface area contributed by atoms with E-state index in [9.17, 15) is 13.2 Å². The summed E-state index contributed by atoms with van der Waals surface area (Å²) in [6, 6.07) is 10.8. The average molecular weight is 411 g/mol. The Hall–Kier alpha value is -2.25. The lowest BCUT2D eigenvalue weighted by Crippen LogP contribution is -2.47. The molecule has 0 radical (unpaired) electrons. The van der Waals surface area contributed by atoms with E-state index in [0.717, 1.165) is 16.1 Å². The molecule has 0 saturated heterocycles. The first-order valence-corrected chi connectivity index (χ1v) is 10.6. The minimum absolute atomic E-state index is 0.294. The Kier molecular flexibility index (Phi) is 6.73. The summed E-state index contributed by atoms with van der Waals surface area (Å²) in [5.41, 5.74) is 1.74. The van der Waals surface area contributed by atoms with Crippen molar-refractivity contribution in [1.82, 2.24) is 0 Å². The van der Waals surface area contributed by atoms with Gasteiger partial charge in [-0.1, -0.05) is 24.6 Å². The van der Waals surface area contributed by atoms with Crippen molar-refractivity contribution in [1.29, 1.82) is 0 Å². The summed E-state index contributed by atoms with van der Waals surface area (Å²) in [5.74, 6) is 0.0844. The lowest BCUT2D eigenvalue weighted by molar-refractivity contribution is -0.117. The topological polar surface area (TPSA) is 75.7 Å². The molecule has 1 unspecified atom stereocenters. The Balaban J connectivity index is 2.41. The minimum atomic E-state index is -3.71. The quantitative estimate of drug-likeness (QED) is 0.752. The first-order valence-electron chi connectivity index (χ1n) is 8.37. The molecule has 1 atom stereocenters. The van der Waals surface area contributed by atoms with Crippen molar-refractivity contribution in [2.45, 2.75) is 26.3 Å². The fourth-order valence-corrected chi connectivity index (χ4v) is 4.22. The molecule has 2 rings (SSSR count). The van der Waals surface area contributed by atoms with Crippen molar-refractivity contribution >= 4 is 38.9 Å². The summed E-state index contributed by atoms with van der Waals surface area (Å²) in [6.07, 6.45) is 1.37. The number of carbonyl (C=O) groups is 1. The molecule has 0 saturated carbocycles. The van der Waals surface area contributed by atoms with Crippen LogP contribution in [0.3, 0.4) is 0 Å². The molecule has 2 aromatic carbocycles. The van der Waals surface area contributed by atoms with Crippen LogP contribution in [0.4, 0.5) is 11.4 Å². The maximum absolute atomic E-state index is 12.9. The van der Waals surface area contributed by atoms with Crippen molar-refractivity contribution in [2.75, 3.05) is 23.0 Å². The van der Waals surface area contributed by atoms with Gasteiger partial charge in [-0.15, -0.1) is 0 Å². The van der Waals surface area contributed by atoms with Crippen LogP contribution in [-0.4, -0.2) is 33.7 Å². The summed E-state index contributed by atoms with van der Waals surface area (Å²) >= 11 is 5.95. The summed E-state index contributed by atoms with van der Waals surface area (Å²) in [6.45, 7) is 3.58. The number of rotatable bonds is 7. The van der Waals surface area contributed by atoms with Crippen LogP contribution in [0.2, 0.25) is 5.02 Å².